The van der Waals surface area contributed by atoms with E-state index in [1.165, 1.54) is 6.92 Å². The van der Waals surface area contributed by atoms with Gasteiger partial charge in [0.2, 0.25) is 41.4 Å². The largest absolute Gasteiger partial charge is 0.466 e. The maximum Gasteiger partial charge on any atom is 0.307 e. The van der Waals surface area contributed by atoms with Gasteiger partial charge in [-0.15, -0.1) is 11.8 Å². The summed E-state index contributed by atoms with van der Waals surface area (Å²) in [5.74, 6) is -4.54. The van der Waals surface area contributed by atoms with Crippen molar-refractivity contribution in [2.75, 3.05) is 42.6 Å². The summed E-state index contributed by atoms with van der Waals surface area (Å²) in [6.07, 6.45) is 2.06. The Kier molecular flexibility index (Phi) is 22.4. The lowest BCUT2D eigenvalue weighted by molar-refractivity contribution is -0.145. The average molecular weight is 1010 g/mol. The number of imidazole rings is 1. The van der Waals surface area contributed by atoms with Gasteiger partial charge in [-0.1, -0.05) is 50.6 Å². The van der Waals surface area contributed by atoms with Gasteiger partial charge in [-0.05, 0) is 57.9 Å². The molecule has 3 aromatic rings. The molecule has 3 heterocycles. The van der Waals surface area contributed by atoms with E-state index in [0.29, 0.717) is 48.9 Å². The minimum Gasteiger partial charge on any atom is -0.466 e. The maximum atomic E-state index is 13.7. The number of likely N-dealkylation sites (tertiary alicyclic amines) is 1. The number of fused-ring (bicyclic) bond motifs is 1. The quantitative estimate of drug-likeness (QED) is 0.0138. The summed E-state index contributed by atoms with van der Waals surface area (Å²) >= 11 is 0.979. The van der Waals surface area contributed by atoms with E-state index >= 15 is 0 Å². The molecule has 0 spiro atoms. The summed E-state index contributed by atoms with van der Waals surface area (Å²) in [5, 5.41) is 13.5. The third-order valence-corrected chi connectivity index (χ3v) is 12.9. The summed E-state index contributed by atoms with van der Waals surface area (Å²) in [7, 11) is 0. The van der Waals surface area contributed by atoms with Crippen LogP contribution in [0.1, 0.15) is 97.6 Å². The van der Waals surface area contributed by atoms with Crippen molar-refractivity contribution in [3.05, 3.63) is 42.2 Å². The molecule has 71 heavy (non-hydrogen) atoms. The van der Waals surface area contributed by atoms with E-state index in [4.69, 9.17) is 27.7 Å². The first-order chi connectivity index (χ1) is 33.8. The number of ketones is 1. The van der Waals surface area contributed by atoms with Crippen LogP contribution < -0.4 is 49.5 Å². The molecule has 1 fully saturated rings. The molecule has 1 saturated heterocycles. The number of esters is 1. The van der Waals surface area contributed by atoms with E-state index in [9.17, 15) is 38.4 Å². The molecule has 4 rings (SSSR count). The van der Waals surface area contributed by atoms with Crippen LogP contribution in [-0.4, -0.2) is 139 Å². The summed E-state index contributed by atoms with van der Waals surface area (Å²) in [6.45, 7) is 9.91. The summed E-state index contributed by atoms with van der Waals surface area (Å²) < 4.78 is 7.34. The van der Waals surface area contributed by atoms with Crippen molar-refractivity contribution in [3.63, 3.8) is 0 Å². The molecule has 1 aromatic carbocycles. The van der Waals surface area contributed by atoms with Gasteiger partial charge in [0.25, 0.3) is 0 Å². The van der Waals surface area contributed by atoms with Crippen molar-refractivity contribution in [1.82, 2.24) is 40.4 Å². The number of nitrogens with two attached hydrogens (primary N) is 4. The molecule has 0 saturated carbocycles. The fourth-order valence-electron chi connectivity index (χ4n) is 7.34. The van der Waals surface area contributed by atoms with Crippen molar-refractivity contribution in [2.24, 2.45) is 33.8 Å². The Morgan fingerprint density at radius 1 is 0.901 bits per heavy atom. The molecule has 25 heteroatoms. The minimum atomic E-state index is -1.30. The summed E-state index contributed by atoms with van der Waals surface area (Å²) in [5.41, 5.74) is 24.8. The predicted molar refractivity (Wildman–Crippen MR) is 268 cm³/mol. The van der Waals surface area contributed by atoms with Gasteiger partial charge in [0.05, 0.1) is 36.7 Å². The average Bonchev–Trinajstić information content (AvgIpc) is 3.89. The van der Waals surface area contributed by atoms with Crippen LogP contribution in [0.15, 0.2) is 41.7 Å². The van der Waals surface area contributed by atoms with Crippen LogP contribution in [0.2, 0.25) is 0 Å². The molecule has 0 radical (unpaired) electrons. The Morgan fingerprint density at radius 2 is 1.59 bits per heavy atom. The number of carbonyl (C=O) groups excluding carboxylic acids is 8. The molecule has 388 valence electrons. The molecule has 6 atom stereocenters. The summed E-state index contributed by atoms with van der Waals surface area (Å²) in [4.78, 5) is 122. The molecule has 0 aliphatic carbocycles. The van der Waals surface area contributed by atoms with E-state index in [1.807, 2.05) is 55.7 Å². The van der Waals surface area contributed by atoms with Gasteiger partial charge in [-0.2, -0.15) is 9.97 Å². The van der Waals surface area contributed by atoms with Crippen molar-refractivity contribution >= 4 is 87.8 Å². The second-order valence-corrected chi connectivity index (χ2v) is 18.7. The lowest BCUT2D eigenvalue weighted by Crippen LogP contribution is -2.58. The Balaban J connectivity index is 1.26. The number of hydrogen-bond donors (Lipinski definition) is 9. The Morgan fingerprint density at radius 3 is 2.25 bits per heavy atom. The molecule has 1 aliphatic rings. The second-order valence-electron chi connectivity index (χ2n) is 17.5. The Labute approximate surface area is 416 Å². The number of ether oxygens (including phenoxy) is 1. The van der Waals surface area contributed by atoms with Crippen molar-refractivity contribution in [3.8, 4) is 0 Å². The zero-order valence-corrected chi connectivity index (χ0v) is 41.8. The van der Waals surface area contributed by atoms with E-state index in [-0.39, 0.29) is 87.7 Å². The van der Waals surface area contributed by atoms with Gasteiger partial charge in [-0.25, -0.2) is 4.98 Å². The normalized spacial score (nSPS) is 15.6. The van der Waals surface area contributed by atoms with E-state index in [1.54, 1.807) is 13.3 Å². The maximum absolute atomic E-state index is 13.7. The highest BCUT2D eigenvalue weighted by Gasteiger charge is 2.40. The van der Waals surface area contributed by atoms with E-state index in [2.05, 4.69) is 46.5 Å². The van der Waals surface area contributed by atoms with Gasteiger partial charge < -0.3 is 58.8 Å². The molecule has 1 aliphatic heterocycles. The Hall–Kier alpha value is -6.89. The third-order valence-electron chi connectivity index (χ3n) is 11.5. The fourth-order valence-corrected chi connectivity index (χ4v) is 8.46. The number of aromatic nitrogens is 4. The first-order valence-corrected chi connectivity index (χ1v) is 24.7. The second kappa shape index (κ2) is 28.1. The van der Waals surface area contributed by atoms with Crippen LogP contribution in [-0.2, 0) is 49.6 Å². The molecular formula is C46H69N15O9S. The molecule has 6 amide bonds. The minimum absolute atomic E-state index is 0.00236. The van der Waals surface area contributed by atoms with Crippen LogP contribution in [0.25, 0.3) is 11.2 Å². The van der Waals surface area contributed by atoms with Crippen molar-refractivity contribution in [1.29, 1.82) is 0 Å². The molecule has 24 nitrogen and oxygen atoms in total. The number of rotatable bonds is 31. The van der Waals surface area contributed by atoms with Gasteiger partial charge >= 0.3 is 5.97 Å². The number of imide groups is 1. The third kappa shape index (κ3) is 17.8. The van der Waals surface area contributed by atoms with Gasteiger partial charge in [0.15, 0.2) is 28.7 Å². The number of amides is 6. The molecule has 0 bridgehead atoms. The van der Waals surface area contributed by atoms with Gasteiger partial charge in [0, 0.05) is 50.8 Å². The molecule has 2 unspecified atom stereocenters. The molecule has 13 N–H and O–H groups in total. The number of thioether (sulfide) groups is 1. The SMILES string of the molecule is CCC(C)[C@H](NC(=O)[C@H](CCC(N)=O)NC(=O)[C@H](CCCN=C(N)N)NC(=O)[C@@H](N)CSC1CC(=O)N(CCC(=O)OCCCNc2nc(NCc3ccccc3)c3ncn(C(C)C)c3n2)C1=O)C(C)=O. The van der Waals surface area contributed by atoms with Crippen molar-refractivity contribution in [2.45, 2.75) is 128 Å². The smallest absolute Gasteiger partial charge is 0.307 e. The highest BCUT2D eigenvalue weighted by Crippen LogP contribution is 2.27. The zero-order chi connectivity index (χ0) is 52.2. The van der Waals surface area contributed by atoms with Crippen LogP contribution in [0.3, 0.4) is 0 Å². The number of guanidine groups is 1. The number of aliphatic imine (C=N–C) groups is 1. The highest BCUT2D eigenvalue weighted by atomic mass is 32.2. The number of hydrogen-bond acceptors (Lipinski definition) is 17. The molecular weight excluding hydrogens is 939 g/mol. The molecule has 2 aromatic heterocycles. The van der Waals surface area contributed by atoms with Crippen LogP contribution in [0.5, 0.6) is 0 Å². The van der Waals surface area contributed by atoms with Crippen molar-refractivity contribution < 1.29 is 43.1 Å². The van der Waals surface area contributed by atoms with Crippen LogP contribution in [0, 0.1) is 5.92 Å². The van der Waals surface area contributed by atoms with E-state index in [0.717, 1.165) is 22.2 Å². The van der Waals surface area contributed by atoms with Crippen LogP contribution >= 0.6 is 11.8 Å². The summed E-state index contributed by atoms with van der Waals surface area (Å²) in [6, 6.07) is 5.32. The zero-order valence-electron chi connectivity index (χ0n) is 41.0. The number of nitrogens with zero attached hydrogens (tertiary/aromatic N) is 6. The highest BCUT2D eigenvalue weighted by molar-refractivity contribution is 8.00. The van der Waals surface area contributed by atoms with E-state index < -0.39 is 70.8 Å². The first kappa shape index (κ1) is 56.7. The number of nitrogens with one attached hydrogen (secondary N) is 5. The van der Waals surface area contributed by atoms with Gasteiger partial charge in [-0.3, -0.25) is 48.2 Å². The number of carbonyl (C=O) groups is 8. The lowest BCUT2D eigenvalue weighted by Gasteiger charge is -2.27. The topological polar surface area (TPSA) is 369 Å². The van der Waals surface area contributed by atoms with Gasteiger partial charge in [0.1, 0.15) is 12.1 Å². The monoisotopic (exact) mass is 1010 g/mol. The number of anilines is 2. The van der Waals surface area contributed by atoms with Crippen LogP contribution in [0.4, 0.5) is 11.8 Å². The Bertz CT molecular complexity index is 2360. The number of primary amides is 1. The number of Topliss-reactive ketones (excluding diaryl/α,β-unsaturated/α-hetero) is 1. The fraction of sp³-hybridized carbons (Fsp3) is 0.565. The standard InChI is InChI=1S/C46H69N15O9S/c1-6-27(4)37(28(5)62)57-43(68)32(15-16-34(48)63)56-42(67)31(14-10-18-51-45(49)50)55-41(66)30(47)24-71-33-22-35(64)60(44(33)69)20-17-36(65)70-21-11-19-52-46-58-39(53-23-29-12-8-7-9-13-29)38-40(59-46)61(25-54-38)26(2)3/h7-9,12-13,25-27,30-33,37H,6,10-11,14-24,47H2,1-5H3,(H2,48,63)(H,55,66)(H,56,67)(H,57,68)(H4,49,50,51)(H2,52,53,58,59)/t27?,30-,31-,32-,33?,37-/m0/s1. The number of benzene rings is 1. The first-order valence-electron chi connectivity index (χ1n) is 23.7. The predicted octanol–water partition coefficient (Wildman–Crippen LogP) is 0.351. The lowest BCUT2D eigenvalue weighted by atomic mass is 9.95.